The molecule has 0 aliphatic heterocycles. The van der Waals surface area contributed by atoms with E-state index in [0.29, 0.717) is 18.2 Å². The first-order chi connectivity index (χ1) is 8.03. The van der Waals surface area contributed by atoms with Crippen LogP contribution in [0.25, 0.3) is 0 Å². The summed E-state index contributed by atoms with van der Waals surface area (Å²) in [5, 5.41) is 12.4. The van der Waals surface area contributed by atoms with Crippen molar-refractivity contribution in [3.05, 3.63) is 11.8 Å². The van der Waals surface area contributed by atoms with Crippen LogP contribution in [0.1, 0.15) is 32.4 Å². The Morgan fingerprint density at radius 1 is 1.47 bits per heavy atom. The zero-order chi connectivity index (χ0) is 12.9. The van der Waals surface area contributed by atoms with Gasteiger partial charge in [0.15, 0.2) is 0 Å². The lowest BCUT2D eigenvalue weighted by atomic mass is 9.95. The van der Waals surface area contributed by atoms with Crippen LogP contribution in [0.3, 0.4) is 0 Å². The van der Waals surface area contributed by atoms with Gasteiger partial charge in [-0.25, -0.2) is 10.8 Å². The van der Waals surface area contributed by atoms with Crippen LogP contribution >= 0.6 is 0 Å². The van der Waals surface area contributed by atoms with Crippen LogP contribution in [0.2, 0.25) is 0 Å². The van der Waals surface area contributed by atoms with Gasteiger partial charge in [-0.1, -0.05) is 6.92 Å². The SMILES string of the molecule is CCC(C)(CCO)Nc1cc(C)nc(NN)n1. The first-order valence-electron chi connectivity index (χ1n) is 5.74. The minimum atomic E-state index is -0.179. The molecular weight excluding hydrogens is 218 g/mol. The lowest BCUT2D eigenvalue weighted by Crippen LogP contribution is -2.35. The van der Waals surface area contributed by atoms with Crippen LogP contribution in [0.4, 0.5) is 11.8 Å². The third kappa shape index (κ3) is 3.83. The highest BCUT2D eigenvalue weighted by Crippen LogP contribution is 2.21. The number of anilines is 2. The van der Waals surface area contributed by atoms with Crippen LogP contribution < -0.4 is 16.6 Å². The number of hydrazine groups is 1. The van der Waals surface area contributed by atoms with E-state index >= 15 is 0 Å². The van der Waals surface area contributed by atoms with Crippen molar-refractivity contribution in [2.24, 2.45) is 5.84 Å². The van der Waals surface area contributed by atoms with Gasteiger partial charge in [-0.15, -0.1) is 0 Å². The molecule has 5 N–H and O–H groups in total. The van der Waals surface area contributed by atoms with E-state index in [4.69, 9.17) is 10.9 Å². The summed E-state index contributed by atoms with van der Waals surface area (Å²) >= 11 is 0. The molecule has 1 unspecified atom stereocenters. The Bertz CT molecular complexity index is 371. The fourth-order valence-electron chi connectivity index (χ4n) is 1.58. The molecule has 0 aromatic carbocycles. The van der Waals surface area contributed by atoms with Crippen molar-refractivity contribution in [1.82, 2.24) is 9.97 Å². The normalized spacial score (nSPS) is 14.2. The molecule has 0 saturated carbocycles. The highest BCUT2D eigenvalue weighted by Gasteiger charge is 2.21. The van der Waals surface area contributed by atoms with Crippen molar-refractivity contribution in [3.63, 3.8) is 0 Å². The zero-order valence-corrected chi connectivity index (χ0v) is 10.6. The third-order valence-corrected chi connectivity index (χ3v) is 2.86. The number of nitrogens with zero attached hydrogens (tertiary/aromatic N) is 2. The molecule has 1 aromatic heterocycles. The molecule has 96 valence electrons. The minimum Gasteiger partial charge on any atom is -0.396 e. The Morgan fingerprint density at radius 2 is 2.18 bits per heavy atom. The van der Waals surface area contributed by atoms with Crippen LogP contribution in [-0.4, -0.2) is 27.2 Å². The summed E-state index contributed by atoms with van der Waals surface area (Å²) in [7, 11) is 0. The first kappa shape index (κ1) is 13.7. The molecule has 0 fully saturated rings. The summed E-state index contributed by atoms with van der Waals surface area (Å²) < 4.78 is 0. The molecule has 1 rings (SSSR count). The van der Waals surface area contributed by atoms with Crippen LogP contribution in [0, 0.1) is 6.92 Å². The summed E-state index contributed by atoms with van der Waals surface area (Å²) in [5.74, 6) is 6.40. The largest absolute Gasteiger partial charge is 0.396 e. The van der Waals surface area contributed by atoms with Gasteiger partial charge in [0.2, 0.25) is 5.95 Å². The van der Waals surface area contributed by atoms with E-state index in [1.54, 1.807) is 0 Å². The van der Waals surface area contributed by atoms with Gasteiger partial charge in [-0.05, 0) is 26.7 Å². The van der Waals surface area contributed by atoms with Crippen LogP contribution in [0.5, 0.6) is 0 Å². The fourth-order valence-corrected chi connectivity index (χ4v) is 1.58. The van der Waals surface area contributed by atoms with E-state index in [9.17, 15) is 0 Å². The average Bonchev–Trinajstić information content (AvgIpc) is 2.28. The number of aryl methyl sites for hydroxylation is 1. The number of rotatable bonds is 6. The van der Waals surface area contributed by atoms with E-state index in [0.717, 1.165) is 12.1 Å². The number of aliphatic hydroxyl groups excluding tert-OH is 1. The molecule has 1 atom stereocenters. The molecular formula is C11H21N5O. The summed E-state index contributed by atoms with van der Waals surface area (Å²) in [6.45, 7) is 6.14. The number of nitrogens with two attached hydrogens (primary N) is 1. The maximum Gasteiger partial charge on any atom is 0.239 e. The van der Waals surface area contributed by atoms with Gasteiger partial charge in [0.1, 0.15) is 5.82 Å². The summed E-state index contributed by atoms with van der Waals surface area (Å²) in [5.41, 5.74) is 3.08. The van der Waals surface area contributed by atoms with E-state index in [2.05, 4.69) is 34.6 Å². The highest BCUT2D eigenvalue weighted by atomic mass is 16.3. The quantitative estimate of drug-likeness (QED) is 0.437. The molecule has 6 nitrogen and oxygen atoms in total. The summed E-state index contributed by atoms with van der Waals surface area (Å²) in [6.07, 6.45) is 1.56. The monoisotopic (exact) mass is 239 g/mol. The van der Waals surface area contributed by atoms with Gasteiger partial charge in [0.25, 0.3) is 0 Å². The molecule has 1 aromatic rings. The molecule has 0 radical (unpaired) electrons. The number of aromatic nitrogens is 2. The molecule has 17 heavy (non-hydrogen) atoms. The maximum atomic E-state index is 9.06. The van der Waals surface area contributed by atoms with Gasteiger partial charge in [-0.2, -0.15) is 4.98 Å². The van der Waals surface area contributed by atoms with Crippen molar-refractivity contribution >= 4 is 11.8 Å². The van der Waals surface area contributed by atoms with E-state index in [1.165, 1.54) is 0 Å². The molecule has 1 heterocycles. The second-order valence-corrected chi connectivity index (χ2v) is 4.38. The molecule has 0 spiro atoms. The average molecular weight is 239 g/mol. The summed E-state index contributed by atoms with van der Waals surface area (Å²) in [4.78, 5) is 8.34. The Hall–Kier alpha value is -1.40. The number of aliphatic hydroxyl groups is 1. The Kier molecular flexibility index (Phi) is 4.65. The second-order valence-electron chi connectivity index (χ2n) is 4.38. The maximum absolute atomic E-state index is 9.06. The smallest absolute Gasteiger partial charge is 0.239 e. The van der Waals surface area contributed by atoms with Crippen LogP contribution in [0.15, 0.2) is 6.07 Å². The van der Waals surface area contributed by atoms with Crippen molar-refractivity contribution in [1.29, 1.82) is 0 Å². The molecule has 0 amide bonds. The molecule has 0 aliphatic rings. The lowest BCUT2D eigenvalue weighted by Gasteiger charge is -2.29. The zero-order valence-electron chi connectivity index (χ0n) is 10.6. The number of hydrogen-bond acceptors (Lipinski definition) is 6. The number of nitrogens with one attached hydrogen (secondary N) is 2. The minimum absolute atomic E-state index is 0.142. The van der Waals surface area contributed by atoms with Crippen molar-refractivity contribution in [3.8, 4) is 0 Å². The first-order valence-corrected chi connectivity index (χ1v) is 5.74. The van der Waals surface area contributed by atoms with Gasteiger partial charge in [0, 0.05) is 23.9 Å². The second kappa shape index (κ2) is 5.79. The number of hydrogen-bond donors (Lipinski definition) is 4. The Morgan fingerprint density at radius 3 is 2.71 bits per heavy atom. The van der Waals surface area contributed by atoms with Crippen molar-refractivity contribution in [2.75, 3.05) is 17.3 Å². The predicted molar refractivity (Wildman–Crippen MR) is 68.6 cm³/mol. The van der Waals surface area contributed by atoms with Gasteiger partial charge < -0.3 is 10.4 Å². The standard InChI is InChI=1S/C11H21N5O/c1-4-11(3,5-6-17)15-9-7-8(2)13-10(14-9)16-12/h7,17H,4-6,12H2,1-3H3,(H2,13,14,15,16). The highest BCUT2D eigenvalue weighted by molar-refractivity contribution is 5.43. The van der Waals surface area contributed by atoms with Crippen molar-refractivity contribution in [2.45, 2.75) is 39.2 Å². The third-order valence-electron chi connectivity index (χ3n) is 2.86. The fraction of sp³-hybridized carbons (Fsp3) is 0.636. The topological polar surface area (TPSA) is 96.1 Å². The number of nitrogen functional groups attached to an aromatic ring is 1. The van der Waals surface area contributed by atoms with Crippen LogP contribution in [-0.2, 0) is 0 Å². The van der Waals surface area contributed by atoms with Gasteiger partial charge >= 0.3 is 0 Å². The van der Waals surface area contributed by atoms with Gasteiger partial charge in [-0.3, -0.25) is 5.43 Å². The predicted octanol–water partition coefficient (Wildman–Crippen LogP) is 1.03. The lowest BCUT2D eigenvalue weighted by molar-refractivity contribution is 0.252. The Labute approximate surface area is 102 Å². The molecule has 0 saturated heterocycles. The van der Waals surface area contributed by atoms with Crippen molar-refractivity contribution < 1.29 is 5.11 Å². The van der Waals surface area contributed by atoms with E-state index in [1.807, 2.05) is 13.0 Å². The Balaban J connectivity index is 2.89. The van der Waals surface area contributed by atoms with Gasteiger partial charge in [0.05, 0.1) is 0 Å². The van der Waals surface area contributed by atoms with E-state index < -0.39 is 0 Å². The molecule has 0 bridgehead atoms. The summed E-state index contributed by atoms with van der Waals surface area (Å²) in [6, 6.07) is 1.85. The molecule has 0 aliphatic carbocycles. The molecule has 6 heteroatoms. The van der Waals surface area contributed by atoms with E-state index in [-0.39, 0.29) is 12.1 Å².